The topological polar surface area (TPSA) is 37.3 Å². The SMILES string of the molecule is Cc1cc(C2(C(=O)O)CC2)cc(Br)c1F. The lowest BCUT2D eigenvalue weighted by Crippen LogP contribution is -2.19. The Hall–Kier alpha value is -0.900. The minimum Gasteiger partial charge on any atom is -0.481 e. The highest BCUT2D eigenvalue weighted by molar-refractivity contribution is 9.10. The molecule has 1 aliphatic rings. The van der Waals surface area contributed by atoms with E-state index in [1.807, 2.05) is 0 Å². The summed E-state index contributed by atoms with van der Waals surface area (Å²) >= 11 is 3.10. The number of carbonyl (C=O) groups is 1. The van der Waals surface area contributed by atoms with Gasteiger partial charge in [0.1, 0.15) is 5.82 Å². The molecular weight excluding hydrogens is 263 g/mol. The van der Waals surface area contributed by atoms with Gasteiger partial charge in [0.05, 0.1) is 9.89 Å². The fraction of sp³-hybridized carbons (Fsp3) is 0.364. The lowest BCUT2D eigenvalue weighted by Gasteiger charge is -2.12. The molecule has 0 bridgehead atoms. The highest BCUT2D eigenvalue weighted by Crippen LogP contribution is 2.49. The van der Waals surface area contributed by atoms with Gasteiger partial charge in [0, 0.05) is 0 Å². The normalized spacial score (nSPS) is 17.5. The third-order valence-electron chi connectivity index (χ3n) is 2.92. The molecule has 15 heavy (non-hydrogen) atoms. The number of carboxylic acid groups (broad SMARTS) is 1. The van der Waals surface area contributed by atoms with Gasteiger partial charge in [0.2, 0.25) is 0 Å². The maximum absolute atomic E-state index is 13.3. The van der Waals surface area contributed by atoms with Gasteiger partial charge in [0.15, 0.2) is 0 Å². The van der Waals surface area contributed by atoms with E-state index >= 15 is 0 Å². The Kier molecular flexibility index (Phi) is 2.34. The van der Waals surface area contributed by atoms with E-state index in [2.05, 4.69) is 15.9 Å². The summed E-state index contributed by atoms with van der Waals surface area (Å²) in [6, 6.07) is 3.20. The second-order valence-corrected chi connectivity index (χ2v) is 4.83. The highest BCUT2D eigenvalue weighted by Gasteiger charge is 2.52. The van der Waals surface area contributed by atoms with Gasteiger partial charge in [-0.2, -0.15) is 0 Å². The third kappa shape index (κ3) is 1.57. The standard InChI is InChI=1S/C11H10BrFO2/c1-6-4-7(5-8(12)9(6)13)11(2-3-11)10(14)15/h4-5H,2-3H2,1H3,(H,14,15). The van der Waals surface area contributed by atoms with Crippen LogP contribution in [0.3, 0.4) is 0 Å². The van der Waals surface area contributed by atoms with Gasteiger partial charge in [-0.15, -0.1) is 0 Å². The number of hydrogen-bond acceptors (Lipinski definition) is 1. The molecule has 1 fully saturated rings. The number of hydrogen-bond donors (Lipinski definition) is 1. The van der Waals surface area contributed by atoms with E-state index in [0.29, 0.717) is 28.4 Å². The zero-order chi connectivity index (χ0) is 11.2. The van der Waals surface area contributed by atoms with Crippen LogP contribution in [-0.2, 0) is 10.2 Å². The molecule has 0 heterocycles. The minimum atomic E-state index is -0.819. The van der Waals surface area contributed by atoms with Crippen LogP contribution in [-0.4, -0.2) is 11.1 Å². The van der Waals surface area contributed by atoms with Crippen molar-refractivity contribution in [3.05, 3.63) is 33.5 Å². The molecule has 1 aromatic carbocycles. The molecule has 0 spiro atoms. The van der Waals surface area contributed by atoms with Crippen molar-refractivity contribution in [1.82, 2.24) is 0 Å². The zero-order valence-electron chi connectivity index (χ0n) is 8.18. The lowest BCUT2D eigenvalue weighted by atomic mass is 9.94. The summed E-state index contributed by atoms with van der Waals surface area (Å²) in [5, 5.41) is 9.10. The molecule has 1 aromatic rings. The van der Waals surface area contributed by atoms with Crippen LogP contribution in [0.2, 0.25) is 0 Å². The maximum atomic E-state index is 13.3. The summed E-state index contributed by atoms with van der Waals surface area (Å²) in [5.74, 6) is -1.14. The number of aryl methyl sites for hydroxylation is 1. The van der Waals surface area contributed by atoms with Crippen LogP contribution in [0.1, 0.15) is 24.0 Å². The summed E-state index contributed by atoms with van der Waals surface area (Å²) < 4.78 is 13.7. The second-order valence-electron chi connectivity index (χ2n) is 3.98. The van der Waals surface area contributed by atoms with Crippen molar-refractivity contribution in [2.24, 2.45) is 0 Å². The van der Waals surface area contributed by atoms with Crippen molar-refractivity contribution in [3.8, 4) is 0 Å². The predicted octanol–water partition coefficient (Wildman–Crippen LogP) is 3.01. The lowest BCUT2D eigenvalue weighted by molar-refractivity contribution is -0.140. The predicted molar refractivity (Wildman–Crippen MR) is 57.4 cm³/mol. The molecule has 1 saturated carbocycles. The van der Waals surface area contributed by atoms with E-state index in [0.717, 1.165) is 0 Å². The number of benzene rings is 1. The molecule has 1 N–H and O–H groups in total. The van der Waals surface area contributed by atoms with E-state index in [1.165, 1.54) is 0 Å². The van der Waals surface area contributed by atoms with Crippen molar-refractivity contribution in [1.29, 1.82) is 0 Å². The fourth-order valence-corrected chi connectivity index (χ4v) is 2.31. The molecule has 0 unspecified atom stereocenters. The molecule has 0 aromatic heterocycles. The van der Waals surface area contributed by atoms with E-state index in [4.69, 9.17) is 5.11 Å². The van der Waals surface area contributed by atoms with Crippen molar-refractivity contribution < 1.29 is 14.3 Å². The van der Waals surface area contributed by atoms with Gasteiger partial charge in [-0.05, 0) is 52.9 Å². The molecular formula is C11H10BrFO2. The molecule has 0 saturated heterocycles. The molecule has 0 amide bonds. The fourth-order valence-electron chi connectivity index (χ4n) is 1.75. The Morgan fingerprint density at radius 1 is 1.53 bits per heavy atom. The van der Waals surface area contributed by atoms with Gasteiger partial charge in [-0.3, -0.25) is 4.79 Å². The first kappa shape index (κ1) is 10.6. The molecule has 2 rings (SSSR count). The first-order chi connectivity index (χ1) is 6.97. The van der Waals surface area contributed by atoms with E-state index < -0.39 is 11.4 Å². The number of halogens is 2. The van der Waals surface area contributed by atoms with Gasteiger partial charge in [-0.1, -0.05) is 6.07 Å². The van der Waals surface area contributed by atoms with Gasteiger partial charge in [-0.25, -0.2) is 4.39 Å². The average molecular weight is 273 g/mol. The molecule has 4 heteroatoms. The maximum Gasteiger partial charge on any atom is 0.314 e. The zero-order valence-corrected chi connectivity index (χ0v) is 9.77. The Labute approximate surface area is 95.2 Å². The van der Waals surface area contributed by atoms with Crippen LogP contribution in [0.4, 0.5) is 4.39 Å². The Morgan fingerprint density at radius 3 is 2.53 bits per heavy atom. The summed E-state index contributed by atoms with van der Waals surface area (Å²) in [6.45, 7) is 1.64. The summed E-state index contributed by atoms with van der Waals surface area (Å²) in [6.07, 6.45) is 1.28. The Morgan fingerprint density at radius 2 is 2.13 bits per heavy atom. The third-order valence-corrected chi connectivity index (χ3v) is 3.50. The quantitative estimate of drug-likeness (QED) is 0.899. The van der Waals surface area contributed by atoms with Crippen molar-refractivity contribution in [2.45, 2.75) is 25.2 Å². The van der Waals surface area contributed by atoms with E-state index in [-0.39, 0.29) is 5.82 Å². The van der Waals surface area contributed by atoms with Gasteiger partial charge in [0.25, 0.3) is 0 Å². The van der Waals surface area contributed by atoms with Crippen LogP contribution in [0.25, 0.3) is 0 Å². The minimum absolute atomic E-state index is 0.320. The molecule has 0 aliphatic heterocycles. The van der Waals surface area contributed by atoms with Crippen molar-refractivity contribution in [3.63, 3.8) is 0 Å². The van der Waals surface area contributed by atoms with Crippen LogP contribution >= 0.6 is 15.9 Å². The first-order valence-electron chi connectivity index (χ1n) is 4.67. The average Bonchev–Trinajstić information content (AvgIpc) is 2.93. The number of carboxylic acids is 1. The Bertz CT molecular complexity index is 415. The monoisotopic (exact) mass is 272 g/mol. The van der Waals surface area contributed by atoms with Crippen LogP contribution in [0, 0.1) is 12.7 Å². The molecule has 0 atom stereocenters. The summed E-state index contributed by atoms with van der Waals surface area (Å²) in [5.41, 5.74) is 0.411. The smallest absolute Gasteiger partial charge is 0.314 e. The number of rotatable bonds is 2. The summed E-state index contributed by atoms with van der Waals surface area (Å²) in [4.78, 5) is 11.1. The summed E-state index contributed by atoms with van der Waals surface area (Å²) in [7, 11) is 0. The van der Waals surface area contributed by atoms with Gasteiger partial charge >= 0.3 is 5.97 Å². The molecule has 2 nitrogen and oxygen atoms in total. The molecule has 0 radical (unpaired) electrons. The largest absolute Gasteiger partial charge is 0.481 e. The van der Waals surface area contributed by atoms with Crippen LogP contribution < -0.4 is 0 Å². The van der Waals surface area contributed by atoms with Crippen LogP contribution in [0.15, 0.2) is 16.6 Å². The Balaban J connectivity index is 2.51. The number of aliphatic carboxylic acids is 1. The highest BCUT2D eigenvalue weighted by atomic mass is 79.9. The van der Waals surface area contributed by atoms with Crippen molar-refractivity contribution >= 4 is 21.9 Å². The second kappa shape index (κ2) is 3.30. The molecule has 80 valence electrons. The van der Waals surface area contributed by atoms with E-state index in [1.54, 1.807) is 19.1 Å². The van der Waals surface area contributed by atoms with Crippen molar-refractivity contribution in [2.75, 3.05) is 0 Å². The molecule has 1 aliphatic carbocycles. The van der Waals surface area contributed by atoms with Gasteiger partial charge < -0.3 is 5.11 Å². The van der Waals surface area contributed by atoms with Crippen LogP contribution in [0.5, 0.6) is 0 Å². The first-order valence-corrected chi connectivity index (χ1v) is 5.46. The van der Waals surface area contributed by atoms with E-state index in [9.17, 15) is 9.18 Å².